The van der Waals surface area contributed by atoms with Crippen molar-refractivity contribution in [3.63, 3.8) is 0 Å². The number of hydrogen-bond donors (Lipinski definition) is 1. The van der Waals surface area contributed by atoms with Gasteiger partial charge >= 0.3 is 0 Å². The minimum absolute atomic E-state index is 0.0150. The van der Waals surface area contributed by atoms with Crippen LogP contribution in [0, 0.1) is 11.3 Å². The zero-order valence-corrected chi connectivity index (χ0v) is 17.8. The van der Waals surface area contributed by atoms with Crippen LogP contribution in [-0.4, -0.2) is 29.2 Å². The molecule has 0 spiro atoms. The number of aromatic nitrogens is 2. The van der Waals surface area contributed by atoms with Gasteiger partial charge in [0, 0.05) is 18.7 Å². The quantitative estimate of drug-likeness (QED) is 0.438. The van der Waals surface area contributed by atoms with Gasteiger partial charge in [0.2, 0.25) is 0 Å². The predicted molar refractivity (Wildman–Crippen MR) is 118 cm³/mol. The van der Waals surface area contributed by atoms with Gasteiger partial charge in [-0.3, -0.25) is 9.36 Å². The Morgan fingerprint density at radius 3 is 2.59 bits per heavy atom. The molecule has 0 amide bonds. The molecule has 6 heteroatoms. The van der Waals surface area contributed by atoms with E-state index in [1.165, 1.54) is 16.7 Å². The van der Waals surface area contributed by atoms with Gasteiger partial charge in [0.05, 0.1) is 42.2 Å². The fraction of sp³-hybridized carbons (Fsp3) is 0.348. The number of nitrogens with zero attached hydrogens (tertiary/aromatic N) is 3. The topological polar surface area (TPSA) is 63.1 Å². The molecule has 0 saturated heterocycles. The Balaban J connectivity index is 1.89. The average molecular weight is 408 g/mol. The molecule has 5 nitrogen and oxygen atoms in total. The number of benzene rings is 2. The molecule has 2 aromatic carbocycles. The molecule has 150 valence electrons. The Kier molecular flexibility index (Phi) is 7.45. The summed E-state index contributed by atoms with van der Waals surface area (Å²) < 4.78 is 1.81. The minimum Gasteiger partial charge on any atom is -0.335 e. The van der Waals surface area contributed by atoms with Crippen LogP contribution < -0.4 is 10.5 Å². The van der Waals surface area contributed by atoms with E-state index in [1.807, 2.05) is 53.1 Å². The lowest BCUT2D eigenvalue weighted by Gasteiger charge is -2.17. The molecule has 0 aliphatic heterocycles. The van der Waals surface area contributed by atoms with E-state index in [-0.39, 0.29) is 5.56 Å². The molecule has 0 atom stereocenters. The molecule has 3 aromatic rings. The molecule has 0 saturated carbocycles. The Hall–Kier alpha value is -2.62. The summed E-state index contributed by atoms with van der Waals surface area (Å²) in [4.78, 5) is 19.5. The number of quaternary nitrogens is 1. The minimum atomic E-state index is 0.0150. The van der Waals surface area contributed by atoms with Gasteiger partial charge in [-0.15, -0.1) is 0 Å². The van der Waals surface area contributed by atoms with Crippen molar-refractivity contribution in [3.05, 3.63) is 70.0 Å². The van der Waals surface area contributed by atoms with E-state index < -0.39 is 0 Å². The van der Waals surface area contributed by atoms with Crippen molar-refractivity contribution in [1.29, 1.82) is 5.26 Å². The molecule has 1 heterocycles. The summed E-state index contributed by atoms with van der Waals surface area (Å²) in [5, 5.41) is 10.7. The Bertz CT molecular complexity index is 1070. The molecular weight excluding hydrogens is 380 g/mol. The summed E-state index contributed by atoms with van der Waals surface area (Å²) >= 11 is 1.52. The monoisotopic (exact) mass is 407 g/mol. The summed E-state index contributed by atoms with van der Waals surface area (Å²) in [6.45, 7) is 8.25. The van der Waals surface area contributed by atoms with Gasteiger partial charge in [-0.2, -0.15) is 5.26 Å². The van der Waals surface area contributed by atoms with Crippen molar-refractivity contribution in [2.24, 2.45) is 0 Å². The third kappa shape index (κ3) is 5.06. The first-order valence-electron chi connectivity index (χ1n) is 10.1. The molecular formula is C23H27N4OS+. The van der Waals surface area contributed by atoms with Crippen molar-refractivity contribution < 1.29 is 4.90 Å². The molecule has 0 aliphatic rings. The zero-order valence-electron chi connectivity index (χ0n) is 17.0. The third-order valence-electron chi connectivity index (χ3n) is 5.23. The molecule has 29 heavy (non-hydrogen) atoms. The molecule has 0 unspecified atom stereocenters. The van der Waals surface area contributed by atoms with E-state index >= 15 is 0 Å². The van der Waals surface area contributed by atoms with Gasteiger partial charge in [-0.05, 0) is 37.6 Å². The lowest BCUT2D eigenvalue weighted by molar-refractivity contribution is -0.896. The van der Waals surface area contributed by atoms with Crippen LogP contribution in [0.2, 0.25) is 0 Å². The highest BCUT2D eigenvalue weighted by molar-refractivity contribution is 7.98. The molecule has 0 fully saturated rings. The van der Waals surface area contributed by atoms with E-state index in [2.05, 4.69) is 19.9 Å². The van der Waals surface area contributed by atoms with Gasteiger partial charge < -0.3 is 4.90 Å². The largest absolute Gasteiger partial charge is 0.335 e. The Morgan fingerprint density at radius 1 is 1.10 bits per heavy atom. The first-order valence-corrected chi connectivity index (χ1v) is 11.1. The molecule has 3 rings (SSSR count). The van der Waals surface area contributed by atoms with Crippen LogP contribution in [0.1, 0.15) is 31.4 Å². The molecule has 0 bridgehead atoms. The van der Waals surface area contributed by atoms with E-state index in [4.69, 9.17) is 4.98 Å². The number of nitrogens with one attached hydrogen (secondary N) is 1. The van der Waals surface area contributed by atoms with Crippen LogP contribution in [0.5, 0.6) is 0 Å². The normalized spacial score (nSPS) is 11.1. The first-order chi connectivity index (χ1) is 14.2. The van der Waals surface area contributed by atoms with Gasteiger partial charge in [-0.25, -0.2) is 4.98 Å². The molecule has 0 aliphatic carbocycles. The molecule has 1 aromatic heterocycles. The maximum absolute atomic E-state index is 13.1. The molecule has 1 N–H and O–H groups in total. The van der Waals surface area contributed by atoms with Crippen molar-refractivity contribution in [3.8, 4) is 6.07 Å². The number of nitriles is 1. The second-order valence-corrected chi connectivity index (χ2v) is 7.93. The highest BCUT2D eigenvalue weighted by Gasteiger charge is 2.13. The van der Waals surface area contributed by atoms with Gasteiger partial charge in [0.1, 0.15) is 0 Å². The highest BCUT2D eigenvalue weighted by atomic mass is 32.2. The predicted octanol–water partition coefficient (Wildman–Crippen LogP) is 2.88. The highest BCUT2D eigenvalue weighted by Crippen LogP contribution is 2.24. The van der Waals surface area contributed by atoms with Crippen LogP contribution in [0.3, 0.4) is 0 Å². The van der Waals surface area contributed by atoms with Crippen LogP contribution in [0.15, 0.2) is 58.5 Å². The van der Waals surface area contributed by atoms with Crippen molar-refractivity contribution in [2.45, 2.75) is 37.7 Å². The maximum Gasteiger partial charge on any atom is 0.262 e. The first kappa shape index (κ1) is 21.1. The third-order valence-corrected chi connectivity index (χ3v) is 6.26. The van der Waals surface area contributed by atoms with Crippen molar-refractivity contribution in [1.82, 2.24) is 9.55 Å². The Labute approximate surface area is 176 Å². The number of rotatable bonds is 9. The summed E-state index contributed by atoms with van der Waals surface area (Å²) in [6, 6.07) is 17.3. The van der Waals surface area contributed by atoms with Gasteiger partial charge in [0.25, 0.3) is 5.56 Å². The summed E-state index contributed by atoms with van der Waals surface area (Å²) in [6.07, 6.45) is 0.930. The Morgan fingerprint density at radius 2 is 1.83 bits per heavy atom. The van der Waals surface area contributed by atoms with Crippen molar-refractivity contribution >= 4 is 22.7 Å². The van der Waals surface area contributed by atoms with Crippen LogP contribution in [0.25, 0.3) is 10.9 Å². The molecule has 0 radical (unpaired) electrons. The van der Waals surface area contributed by atoms with Crippen LogP contribution >= 0.6 is 11.8 Å². The van der Waals surface area contributed by atoms with E-state index in [0.717, 1.165) is 42.3 Å². The summed E-state index contributed by atoms with van der Waals surface area (Å²) in [5.41, 5.74) is 2.36. The second-order valence-electron chi connectivity index (χ2n) is 6.99. The number of hydrogen-bond acceptors (Lipinski definition) is 4. The number of thioether (sulfide) groups is 1. The van der Waals surface area contributed by atoms with E-state index in [1.54, 1.807) is 0 Å². The zero-order chi connectivity index (χ0) is 20.6. The summed E-state index contributed by atoms with van der Waals surface area (Å²) in [5.74, 6) is 0.607. The standard InChI is InChI=1S/C23H26N4OS/c1-3-26(4-2)14-9-15-27-22(28)20-12-7-8-13-21(20)25-23(27)29-17-19-11-6-5-10-18(19)16-24/h5-8,10-13H,3-4,9,14-15,17H2,1-2H3/p+1. The fourth-order valence-corrected chi connectivity index (χ4v) is 4.47. The fourth-order valence-electron chi connectivity index (χ4n) is 3.44. The SMILES string of the molecule is CC[NH+](CC)CCCn1c(SCc2ccccc2C#N)nc2ccccc2c1=O. The van der Waals surface area contributed by atoms with Gasteiger partial charge in [0.15, 0.2) is 5.16 Å². The van der Waals surface area contributed by atoms with Crippen molar-refractivity contribution in [2.75, 3.05) is 19.6 Å². The maximum atomic E-state index is 13.1. The smallest absolute Gasteiger partial charge is 0.262 e. The summed E-state index contributed by atoms with van der Waals surface area (Å²) in [7, 11) is 0. The number of fused-ring (bicyclic) bond motifs is 1. The average Bonchev–Trinajstić information content (AvgIpc) is 2.77. The van der Waals surface area contributed by atoms with E-state index in [9.17, 15) is 10.1 Å². The van der Waals surface area contributed by atoms with Crippen LogP contribution in [0.4, 0.5) is 0 Å². The van der Waals surface area contributed by atoms with Gasteiger partial charge in [-0.1, -0.05) is 42.1 Å². The number of para-hydroxylation sites is 1. The van der Waals surface area contributed by atoms with E-state index in [0.29, 0.717) is 23.2 Å². The lowest BCUT2D eigenvalue weighted by atomic mass is 10.1. The van der Waals surface area contributed by atoms with Crippen LogP contribution in [-0.2, 0) is 12.3 Å². The second kappa shape index (κ2) is 10.2. The lowest BCUT2D eigenvalue weighted by Crippen LogP contribution is -3.11.